The number of aromatic hydroxyl groups is 2. The van der Waals surface area contributed by atoms with Gasteiger partial charge in [-0.15, -0.1) is 0 Å². The van der Waals surface area contributed by atoms with Crippen molar-refractivity contribution in [1.82, 2.24) is 0 Å². The molecule has 2 heterocycles. The molecule has 1 unspecified atom stereocenters. The highest BCUT2D eigenvalue weighted by atomic mass is 16.4. The fraction of sp³-hybridized carbons (Fsp3) is 0.143. The number of fused-ring (bicyclic) bond motifs is 2. The quantitative estimate of drug-likeness (QED) is 0.406. The van der Waals surface area contributed by atoms with E-state index in [-0.39, 0.29) is 33.8 Å². The van der Waals surface area contributed by atoms with Gasteiger partial charge in [0.2, 0.25) is 0 Å². The first kappa shape index (κ1) is 21.5. The van der Waals surface area contributed by atoms with Crippen LogP contribution in [0.1, 0.15) is 51.5 Å². The van der Waals surface area contributed by atoms with E-state index in [1.807, 2.05) is 12.1 Å². The van der Waals surface area contributed by atoms with Gasteiger partial charge in [-0.1, -0.05) is 49.6 Å². The van der Waals surface area contributed by atoms with Crippen molar-refractivity contribution < 1.29 is 19.0 Å². The van der Waals surface area contributed by atoms with Crippen molar-refractivity contribution in [3.05, 3.63) is 116 Å². The minimum absolute atomic E-state index is 0.0590. The fourth-order valence-corrected chi connectivity index (χ4v) is 4.82. The molecule has 1 atom stereocenters. The molecule has 170 valence electrons. The van der Waals surface area contributed by atoms with Gasteiger partial charge in [-0.2, -0.15) is 0 Å². The van der Waals surface area contributed by atoms with Crippen LogP contribution in [0.25, 0.3) is 23.1 Å². The first-order valence-electron chi connectivity index (χ1n) is 11.0. The largest absolute Gasteiger partial charge is 0.507 e. The summed E-state index contributed by atoms with van der Waals surface area (Å²) in [6, 6.07) is 12.3. The molecule has 2 aromatic carbocycles. The smallest absolute Gasteiger partial charge is 0.344 e. The van der Waals surface area contributed by atoms with Gasteiger partial charge in [0.25, 0.3) is 0 Å². The van der Waals surface area contributed by atoms with Crippen LogP contribution in [0.5, 0.6) is 11.5 Å². The third-order valence-corrected chi connectivity index (χ3v) is 6.44. The van der Waals surface area contributed by atoms with E-state index in [4.69, 9.17) is 8.83 Å². The molecule has 1 aliphatic rings. The van der Waals surface area contributed by atoms with E-state index in [9.17, 15) is 19.8 Å². The first-order chi connectivity index (χ1) is 16.4. The van der Waals surface area contributed by atoms with E-state index in [2.05, 4.69) is 13.2 Å². The number of hydrogen-bond donors (Lipinski definition) is 2. The van der Waals surface area contributed by atoms with E-state index in [1.54, 1.807) is 30.3 Å². The second kappa shape index (κ2) is 8.23. The lowest BCUT2D eigenvalue weighted by Gasteiger charge is -2.21. The molecule has 4 aromatic rings. The van der Waals surface area contributed by atoms with Crippen LogP contribution in [0.4, 0.5) is 0 Å². The SMILES string of the molecule is C=Cc1oc(=O)c(C(c2ccc3c(c2)CCC3)c2c(O)c3ccccc3oc2=O)c(O)c1C=C. The Balaban J connectivity index is 1.89. The summed E-state index contributed by atoms with van der Waals surface area (Å²) in [6.07, 6.45) is 5.47. The van der Waals surface area contributed by atoms with Crippen molar-refractivity contribution in [2.24, 2.45) is 0 Å². The lowest BCUT2D eigenvalue weighted by Crippen LogP contribution is -2.22. The zero-order valence-corrected chi connectivity index (χ0v) is 18.3. The molecule has 5 rings (SSSR count). The third-order valence-electron chi connectivity index (χ3n) is 6.44. The maximum absolute atomic E-state index is 13.2. The Morgan fingerprint density at radius 2 is 1.56 bits per heavy atom. The summed E-state index contributed by atoms with van der Waals surface area (Å²) in [5.74, 6) is -1.79. The van der Waals surface area contributed by atoms with Crippen LogP contribution in [0.3, 0.4) is 0 Å². The normalized spacial score (nSPS) is 13.5. The Kier molecular flexibility index (Phi) is 5.21. The Labute approximate surface area is 194 Å². The van der Waals surface area contributed by atoms with Gasteiger partial charge in [-0.05, 0) is 54.2 Å². The first-order valence-corrected chi connectivity index (χ1v) is 11.0. The molecule has 0 saturated carbocycles. The minimum Gasteiger partial charge on any atom is -0.507 e. The molecule has 0 radical (unpaired) electrons. The van der Waals surface area contributed by atoms with Gasteiger partial charge in [0.15, 0.2) is 0 Å². The summed E-state index contributed by atoms with van der Waals surface area (Å²) in [6.45, 7) is 7.32. The number of rotatable bonds is 5. The summed E-state index contributed by atoms with van der Waals surface area (Å²) in [5, 5.41) is 22.7. The molecule has 34 heavy (non-hydrogen) atoms. The molecule has 0 amide bonds. The lowest BCUT2D eigenvalue weighted by atomic mass is 9.83. The van der Waals surface area contributed by atoms with E-state index in [1.165, 1.54) is 17.7 Å². The van der Waals surface area contributed by atoms with Gasteiger partial charge in [0, 0.05) is 0 Å². The van der Waals surface area contributed by atoms with Gasteiger partial charge >= 0.3 is 11.3 Å². The van der Waals surface area contributed by atoms with Crippen molar-refractivity contribution in [3.63, 3.8) is 0 Å². The second-order valence-corrected chi connectivity index (χ2v) is 8.30. The summed E-state index contributed by atoms with van der Waals surface area (Å²) in [4.78, 5) is 26.4. The van der Waals surface area contributed by atoms with Crippen LogP contribution in [0.15, 0.2) is 74.0 Å². The molecule has 6 heteroatoms. The third kappa shape index (κ3) is 3.27. The molecule has 0 saturated heterocycles. The molecular weight excluding hydrogens is 432 g/mol. The molecule has 0 spiro atoms. The summed E-state index contributed by atoms with van der Waals surface area (Å²) < 4.78 is 10.9. The zero-order valence-electron chi connectivity index (χ0n) is 18.3. The van der Waals surface area contributed by atoms with Crippen molar-refractivity contribution in [2.45, 2.75) is 25.2 Å². The molecular formula is C28H22O6. The maximum atomic E-state index is 13.2. The average Bonchev–Trinajstić information content (AvgIpc) is 3.30. The summed E-state index contributed by atoms with van der Waals surface area (Å²) in [7, 11) is 0. The predicted octanol–water partition coefficient (Wildman–Crippen LogP) is 5.11. The number of hydrogen-bond acceptors (Lipinski definition) is 6. The van der Waals surface area contributed by atoms with Gasteiger partial charge in [0.1, 0.15) is 22.8 Å². The summed E-state index contributed by atoms with van der Waals surface area (Å²) in [5.41, 5.74) is 1.24. The Morgan fingerprint density at radius 1 is 0.853 bits per heavy atom. The van der Waals surface area contributed by atoms with Crippen LogP contribution >= 0.6 is 0 Å². The average molecular weight is 454 g/mol. The van der Waals surface area contributed by atoms with E-state index in [0.717, 1.165) is 24.8 Å². The van der Waals surface area contributed by atoms with Gasteiger partial charge in [0.05, 0.1) is 28.0 Å². The predicted molar refractivity (Wildman–Crippen MR) is 130 cm³/mol. The Morgan fingerprint density at radius 3 is 2.32 bits per heavy atom. The van der Waals surface area contributed by atoms with E-state index < -0.39 is 22.9 Å². The second-order valence-electron chi connectivity index (χ2n) is 8.30. The number of aryl methyl sites for hydroxylation is 2. The molecule has 0 bridgehead atoms. The molecule has 0 fully saturated rings. The topological polar surface area (TPSA) is 101 Å². The van der Waals surface area contributed by atoms with Crippen LogP contribution in [-0.2, 0) is 12.8 Å². The molecule has 6 nitrogen and oxygen atoms in total. The van der Waals surface area contributed by atoms with Crippen LogP contribution < -0.4 is 11.3 Å². The van der Waals surface area contributed by atoms with Crippen LogP contribution in [0.2, 0.25) is 0 Å². The molecule has 2 N–H and O–H groups in total. The van der Waals surface area contributed by atoms with Crippen molar-refractivity contribution in [1.29, 1.82) is 0 Å². The van der Waals surface area contributed by atoms with Crippen molar-refractivity contribution in [2.75, 3.05) is 0 Å². The summed E-state index contributed by atoms with van der Waals surface area (Å²) >= 11 is 0. The monoisotopic (exact) mass is 454 g/mol. The van der Waals surface area contributed by atoms with Crippen LogP contribution in [-0.4, -0.2) is 10.2 Å². The highest BCUT2D eigenvalue weighted by Crippen LogP contribution is 2.42. The van der Waals surface area contributed by atoms with Gasteiger partial charge in [-0.3, -0.25) is 0 Å². The molecule has 0 aliphatic heterocycles. The minimum atomic E-state index is -1.14. The molecule has 1 aliphatic carbocycles. The zero-order chi connectivity index (χ0) is 24.0. The fourth-order valence-electron chi connectivity index (χ4n) is 4.82. The van der Waals surface area contributed by atoms with E-state index >= 15 is 0 Å². The molecule has 2 aromatic heterocycles. The van der Waals surface area contributed by atoms with Crippen molar-refractivity contribution in [3.8, 4) is 11.5 Å². The van der Waals surface area contributed by atoms with Crippen molar-refractivity contribution >= 4 is 23.1 Å². The number of para-hydroxylation sites is 1. The number of benzene rings is 2. The highest BCUT2D eigenvalue weighted by molar-refractivity contribution is 5.84. The standard InChI is InChI=1S/C28H22O6/c1-3-18-20(4-2)33-27(31)23(25(18)29)22(17-13-12-15-8-7-9-16(15)14-17)24-26(30)19-10-5-6-11-21(19)34-28(24)32/h3-6,10-14,22,29-30H,1-2,7-9H2. The van der Waals surface area contributed by atoms with E-state index in [0.29, 0.717) is 10.9 Å². The lowest BCUT2D eigenvalue weighted by molar-refractivity contribution is 0.422. The Hall–Kier alpha value is -4.32. The van der Waals surface area contributed by atoms with Gasteiger partial charge in [-0.25, -0.2) is 9.59 Å². The maximum Gasteiger partial charge on any atom is 0.344 e. The highest BCUT2D eigenvalue weighted by Gasteiger charge is 2.33. The van der Waals surface area contributed by atoms with Crippen LogP contribution in [0, 0.1) is 0 Å². The Bertz CT molecular complexity index is 1590. The van der Waals surface area contributed by atoms with Gasteiger partial charge < -0.3 is 19.0 Å².